The number of halogens is 2. The van der Waals surface area contributed by atoms with Crippen molar-refractivity contribution in [2.24, 2.45) is 4.99 Å². The van der Waals surface area contributed by atoms with E-state index in [-0.39, 0.29) is 12.5 Å². The van der Waals surface area contributed by atoms with E-state index in [2.05, 4.69) is 0 Å². The van der Waals surface area contributed by atoms with Crippen molar-refractivity contribution in [3.8, 4) is 11.5 Å². The van der Waals surface area contributed by atoms with Crippen molar-refractivity contribution in [2.75, 3.05) is 11.5 Å². The normalized spacial score (nSPS) is 15.3. The highest BCUT2D eigenvalue weighted by molar-refractivity contribution is 8.19. The Balaban J connectivity index is 1.47. The minimum Gasteiger partial charge on any atom is -0.490 e. The van der Waals surface area contributed by atoms with Crippen LogP contribution in [-0.2, 0) is 11.4 Å². The lowest BCUT2D eigenvalue weighted by molar-refractivity contribution is -0.113. The van der Waals surface area contributed by atoms with E-state index in [1.165, 1.54) is 11.8 Å². The predicted molar refractivity (Wildman–Crippen MR) is 161 cm³/mol. The van der Waals surface area contributed by atoms with Gasteiger partial charge in [-0.15, -0.1) is 0 Å². The van der Waals surface area contributed by atoms with Crippen LogP contribution in [0, 0.1) is 0 Å². The summed E-state index contributed by atoms with van der Waals surface area (Å²) in [7, 11) is 0. The van der Waals surface area contributed by atoms with Crippen LogP contribution in [0.25, 0.3) is 6.08 Å². The highest BCUT2D eigenvalue weighted by Crippen LogP contribution is 2.41. The molecular formula is C31H24Cl2N2O3S. The van der Waals surface area contributed by atoms with E-state index in [0.29, 0.717) is 43.8 Å². The molecule has 196 valence electrons. The van der Waals surface area contributed by atoms with Crippen LogP contribution in [0.15, 0.2) is 107 Å². The Labute approximate surface area is 241 Å². The third-order valence-electron chi connectivity index (χ3n) is 5.70. The molecule has 1 heterocycles. The van der Waals surface area contributed by atoms with Crippen LogP contribution in [0.3, 0.4) is 0 Å². The Hall–Kier alpha value is -3.71. The number of aliphatic imine (C=N–C) groups is 1. The zero-order chi connectivity index (χ0) is 27.2. The molecule has 5 nitrogen and oxygen atoms in total. The smallest absolute Gasteiger partial charge is 0.271 e. The minimum absolute atomic E-state index is 0.170. The van der Waals surface area contributed by atoms with Gasteiger partial charge in [0.1, 0.15) is 6.61 Å². The molecule has 0 N–H and O–H groups in total. The van der Waals surface area contributed by atoms with Gasteiger partial charge >= 0.3 is 0 Å². The number of anilines is 1. The fourth-order valence-corrected chi connectivity index (χ4v) is 5.46. The first-order chi connectivity index (χ1) is 19.0. The van der Waals surface area contributed by atoms with Gasteiger partial charge in [-0.1, -0.05) is 71.7 Å². The number of ether oxygens (including phenoxy) is 2. The predicted octanol–water partition coefficient (Wildman–Crippen LogP) is 8.78. The minimum atomic E-state index is -0.170. The Kier molecular flexibility index (Phi) is 8.57. The van der Waals surface area contributed by atoms with Gasteiger partial charge in [0.2, 0.25) is 0 Å². The van der Waals surface area contributed by atoms with Gasteiger partial charge in [0.05, 0.1) is 27.9 Å². The summed E-state index contributed by atoms with van der Waals surface area (Å²) in [6.45, 7) is 2.59. The molecule has 0 spiro atoms. The molecule has 1 amide bonds. The quantitative estimate of drug-likeness (QED) is 0.197. The molecule has 1 aliphatic heterocycles. The lowest BCUT2D eigenvalue weighted by Crippen LogP contribution is -2.28. The zero-order valence-corrected chi connectivity index (χ0v) is 23.3. The fourth-order valence-electron chi connectivity index (χ4n) is 3.97. The molecule has 0 unspecified atom stereocenters. The third kappa shape index (κ3) is 6.48. The van der Waals surface area contributed by atoms with E-state index < -0.39 is 0 Å². The van der Waals surface area contributed by atoms with Gasteiger partial charge in [-0.05, 0) is 84.4 Å². The van der Waals surface area contributed by atoms with Gasteiger partial charge in [-0.25, -0.2) is 4.99 Å². The SMILES string of the molecule is CCOc1cc(/C=C2/SC(=Nc3ccccc3)N(c3ccccc3)C2=O)cc(Cl)c1OCc1cccc(Cl)c1. The second kappa shape index (κ2) is 12.4. The van der Waals surface area contributed by atoms with Crippen LogP contribution in [0.1, 0.15) is 18.1 Å². The summed E-state index contributed by atoms with van der Waals surface area (Å²) in [5, 5.41) is 1.58. The molecule has 8 heteroatoms. The number of benzene rings is 4. The molecule has 0 atom stereocenters. The number of amidine groups is 1. The van der Waals surface area contributed by atoms with Crippen LogP contribution in [0.5, 0.6) is 11.5 Å². The van der Waals surface area contributed by atoms with Gasteiger partial charge in [0, 0.05) is 5.02 Å². The van der Waals surface area contributed by atoms with Crippen molar-refractivity contribution < 1.29 is 14.3 Å². The van der Waals surface area contributed by atoms with E-state index in [4.69, 9.17) is 37.7 Å². The molecule has 39 heavy (non-hydrogen) atoms. The van der Waals surface area contributed by atoms with E-state index in [9.17, 15) is 4.79 Å². The first-order valence-electron chi connectivity index (χ1n) is 12.3. The maximum absolute atomic E-state index is 13.6. The number of amides is 1. The van der Waals surface area contributed by atoms with Crippen LogP contribution in [0.4, 0.5) is 11.4 Å². The summed E-state index contributed by atoms with van der Waals surface area (Å²) >= 11 is 14.1. The standard InChI is InChI=1S/C31H24Cl2N2O3S/c1-2-37-27-18-22(17-26(33)29(27)38-20-21-10-9-11-23(32)16-21)19-28-30(36)35(25-14-7-4-8-15-25)31(39-28)34-24-12-5-3-6-13-24/h3-19H,2,20H2,1H3/b28-19+,34-31?. The first kappa shape index (κ1) is 26.9. The molecule has 0 aliphatic carbocycles. The lowest BCUT2D eigenvalue weighted by Gasteiger charge is -2.15. The number of carbonyl (C=O) groups excluding carboxylic acids is 1. The summed E-state index contributed by atoms with van der Waals surface area (Å²) in [4.78, 5) is 20.5. The summed E-state index contributed by atoms with van der Waals surface area (Å²) in [6, 6.07) is 30.1. The number of thioether (sulfide) groups is 1. The summed E-state index contributed by atoms with van der Waals surface area (Å²) < 4.78 is 11.9. The van der Waals surface area contributed by atoms with Crippen LogP contribution >= 0.6 is 35.0 Å². The van der Waals surface area contributed by atoms with Crippen molar-refractivity contribution in [2.45, 2.75) is 13.5 Å². The molecule has 0 radical (unpaired) electrons. The Bertz CT molecular complexity index is 1540. The van der Waals surface area contributed by atoms with Crippen molar-refractivity contribution in [1.82, 2.24) is 0 Å². The van der Waals surface area contributed by atoms with Crippen molar-refractivity contribution in [3.05, 3.63) is 123 Å². The van der Waals surface area contributed by atoms with Crippen LogP contribution < -0.4 is 14.4 Å². The Morgan fingerprint density at radius 1 is 0.897 bits per heavy atom. The molecule has 4 aromatic rings. The average molecular weight is 576 g/mol. The van der Waals surface area contributed by atoms with E-state index in [0.717, 1.165) is 16.9 Å². The van der Waals surface area contributed by atoms with Crippen LogP contribution in [0.2, 0.25) is 10.0 Å². The number of nitrogens with zero attached hydrogens (tertiary/aromatic N) is 2. The third-order valence-corrected chi connectivity index (χ3v) is 7.19. The van der Waals surface area contributed by atoms with Gasteiger partial charge in [-0.3, -0.25) is 9.69 Å². The van der Waals surface area contributed by atoms with E-state index >= 15 is 0 Å². The summed E-state index contributed by atoms with van der Waals surface area (Å²) in [6.07, 6.45) is 1.80. The monoisotopic (exact) mass is 574 g/mol. The van der Waals surface area contributed by atoms with Gasteiger partial charge in [0.25, 0.3) is 5.91 Å². The number of carbonyl (C=O) groups is 1. The van der Waals surface area contributed by atoms with Gasteiger partial charge < -0.3 is 9.47 Å². The fraction of sp³-hybridized carbons (Fsp3) is 0.0968. The Morgan fingerprint density at radius 3 is 2.36 bits per heavy atom. The molecule has 4 aromatic carbocycles. The molecule has 5 rings (SSSR count). The number of para-hydroxylation sites is 2. The highest BCUT2D eigenvalue weighted by Gasteiger charge is 2.34. The zero-order valence-electron chi connectivity index (χ0n) is 21.0. The first-order valence-corrected chi connectivity index (χ1v) is 13.9. The molecule has 0 aromatic heterocycles. The number of rotatable bonds is 8. The number of hydrogen-bond acceptors (Lipinski definition) is 5. The lowest BCUT2D eigenvalue weighted by atomic mass is 10.1. The molecule has 1 fully saturated rings. The van der Waals surface area contributed by atoms with Crippen LogP contribution in [-0.4, -0.2) is 17.7 Å². The van der Waals surface area contributed by atoms with Crippen molar-refractivity contribution >= 4 is 63.5 Å². The van der Waals surface area contributed by atoms with E-state index in [1.807, 2.05) is 97.9 Å². The molecule has 1 aliphatic rings. The van der Waals surface area contributed by atoms with Gasteiger partial charge in [-0.2, -0.15) is 0 Å². The second-order valence-electron chi connectivity index (χ2n) is 8.50. The topological polar surface area (TPSA) is 51.1 Å². The maximum atomic E-state index is 13.6. The molecule has 1 saturated heterocycles. The van der Waals surface area contributed by atoms with Crippen molar-refractivity contribution in [3.63, 3.8) is 0 Å². The second-order valence-corrected chi connectivity index (χ2v) is 10.4. The van der Waals surface area contributed by atoms with E-state index in [1.54, 1.807) is 17.0 Å². The highest BCUT2D eigenvalue weighted by atomic mass is 35.5. The molecular weight excluding hydrogens is 551 g/mol. The van der Waals surface area contributed by atoms with Gasteiger partial charge in [0.15, 0.2) is 16.7 Å². The average Bonchev–Trinajstić information content (AvgIpc) is 3.23. The molecule has 0 saturated carbocycles. The summed E-state index contributed by atoms with van der Waals surface area (Å²) in [5.74, 6) is 0.756. The maximum Gasteiger partial charge on any atom is 0.271 e. The molecule has 0 bridgehead atoms. The summed E-state index contributed by atoms with van der Waals surface area (Å²) in [5.41, 5.74) is 3.12. The Morgan fingerprint density at radius 2 is 1.64 bits per heavy atom. The largest absolute Gasteiger partial charge is 0.490 e. The number of hydrogen-bond donors (Lipinski definition) is 0. The van der Waals surface area contributed by atoms with Crippen molar-refractivity contribution in [1.29, 1.82) is 0 Å².